The highest BCUT2D eigenvalue weighted by atomic mass is 19.3. The van der Waals surface area contributed by atoms with E-state index in [0.717, 1.165) is 11.1 Å². The molecule has 1 rings (SSSR count). The van der Waals surface area contributed by atoms with Crippen LogP contribution in [0.2, 0.25) is 0 Å². The van der Waals surface area contributed by atoms with Gasteiger partial charge in [0.1, 0.15) is 0 Å². The Labute approximate surface area is 82.9 Å². The topological polar surface area (TPSA) is 26.0 Å². The highest BCUT2D eigenvalue weighted by molar-refractivity contribution is 5.38. The van der Waals surface area contributed by atoms with Crippen LogP contribution in [0.15, 0.2) is 18.2 Å². The molecule has 0 spiro atoms. The summed E-state index contributed by atoms with van der Waals surface area (Å²) in [5, 5.41) is 0. The van der Waals surface area contributed by atoms with Gasteiger partial charge in [-0.1, -0.05) is 18.2 Å². The van der Waals surface area contributed by atoms with E-state index in [1.165, 1.54) is 6.92 Å². The fraction of sp³-hybridized carbons (Fsp3) is 0.455. The minimum absolute atomic E-state index is 0.521. The lowest BCUT2D eigenvalue weighted by atomic mass is 9.88. The number of alkyl halides is 2. The zero-order chi connectivity index (χ0) is 10.9. The number of aryl methyl sites for hydroxylation is 1. The van der Waals surface area contributed by atoms with Gasteiger partial charge in [0.15, 0.2) is 0 Å². The molecule has 0 aliphatic rings. The van der Waals surface area contributed by atoms with Crippen LogP contribution in [-0.2, 0) is 5.54 Å². The number of hydrogen-bond acceptors (Lipinski definition) is 1. The average Bonchev–Trinajstić information content (AvgIpc) is 2.09. The first-order valence-electron chi connectivity index (χ1n) is 4.51. The Morgan fingerprint density at radius 2 is 1.86 bits per heavy atom. The van der Waals surface area contributed by atoms with Gasteiger partial charge in [0.05, 0.1) is 5.54 Å². The number of rotatable bonds is 2. The first kappa shape index (κ1) is 11.1. The van der Waals surface area contributed by atoms with E-state index in [4.69, 9.17) is 5.73 Å². The zero-order valence-corrected chi connectivity index (χ0v) is 8.64. The first-order valence-corrected chi connectivity index (χ1v) is 4.51. The predicted molar refractivity (Wildman–Crippen MR) is 53.5 cm³/mol. The molecule has 0 aliphatic carbocycles. The van der Waals surface area contributed by atoms with Crippen LogP contribution in [0.5, 0.6) is 0 Å². The van der Waals surface area contributed by atoms with Crippen molar-refractivity contribution in [3.8, 4) is 0 Å². The standard InChI is InChI=1S/C11H15F2N/c1-7-5-4-6-9(8(7)2)11(3,14)10(12)13/h4-6,10H,14H2,1-3H3. The summed E-state index contributed by atoms with van der Waals surface area (Å²) >= 11 is 0. The summed E-state index contributed by atoms with van der Waals surface area (Å²) < 4.78 is 25.4. The second kappa shape index (κ2) is 3.65. The van der Waals surface area contributed by atoms with E-state index in [-0.39, 0.29) is 0 Å². The van der Waals surface area contributed by atoms with Crippen molar-refractivity contribution in [3.05, 3.63) is 34.9 Å². The fourth-order valence-corrected chi connectivity index (χ4v) is 1.45. The highest BCUT2D eigenvalue weighted by Crippen LogP contribution is 2.28. The molecule has 78 valence electrons. The Bertz CT molecular complexity index is 332. The molecule has 3 heteroatoms. The van der Waals surface area contributed by atoms with Gasteiger partial charge in [-0.2, -0.15) is 0 Å². The van der Waals surface area contributed by atoms with Gasteiger partial charge in [-0.05, 0) is 37.5 Å². The van der Waals surface area contributed by atoms with Gasteiger partial charge in [-0.15, -0.1) is 0 Å². The van der Waals surface area contributed by atoms with Crippen molar-refractivity contribution in [3.63, 3.8) is 0 Å². The predicted octanol–water partition coefficient (Wildman–Crippen LogP) is 2.74. The SMILES string of the molecule is Cc1cccc(C(C)(N)C(F)F)c1C. The van der Waals surface area contributed by atoms with Gasteiger partial charge in [0, 0.05) is 0 Å². The molecule has 0 heterocycles. The largest absolute Gasteiger partial charge is 0.317 e. The summed E-state index contributed by atoms with van der Waals surface area (Å²) in [5.74, 6) is 0. The van der Waals surface area contributed by atoms with Gasteiger partial charge >= 0.3 is 0 Å². The molecule has 0 aromatic heterocycles. The molecule has 0 amide bonds. The third kappa shape index (κ3) is 1.77. The number of halogens is 2. The van der Waals surface area contributed by atoms with Crippen LogP contribution < -0.4 is 5.73 Å². The Morgan fingerprint density at radius 1 is 1.29 bits per heavy atom. The third-order valence-corrected chi connectivity index (χ3v) is 2.64. The molecule has 1 unspecified atom stereocenters. The van der Waals surface area contributed by atoms with E-state index in [0.29, 0.717) is 5.56 Å². The molecule has 1 atom stereocenters. The van der Waals surface area contributed by atoms with Crippen LogP contribution in [-0.4, -0.2) is 6.43 Å². The summed E-state index contributed by atoms with van der Waals surface area (Å²) in [6.45, 7) is 5.07. The van der Waals surface area contributed by atoms with Crippen molar-refractivity contribution in [2.45, 2.75) is 32.7 Å². The monoisotopic (exact) mass is 199 g/mol. The molecule has 2 N–H and O–H groups in total. The summed E-state index contributed by atoms with van der Waals surface area (Å²) in [4.78, 5) is 0. The molecule has 0 saturated heterocycles. The average molecular weight is 199 g/mol. The Kier molecular flexibility index (Phi) is 2.90. The van der Waals surface area contributed by atoms with Crippen LogP contribution >= 0.6 is 0 Å². The lowest BCUT2D eigenvalue weighted by Crippen LogP contribution is -2.41. The molecule has 1 nitrogen and oxygen atoms in total. The molecule has 0 bridgehead atoms. The van der Waals surface area contributed by atoms with Crippen LogP contribution in [0.3, 0.4) is 0 Å². The lowest BCUT2D eigenvalue weighted by molar-refractivity contribution is 0.0621. The highest BCUT2D eigenvalue weighted by Gasteiger charge is 2.33. The number of benzene rings is 1. The van der Waals surface area contributed by atoms with Crippen LogP contribution in [0.4, 0.5) is 8.78 Å². The third-order valence-electron chi connectivity index (χ3n) is 2.64. The number of nitrogens with two attached hydrogens (primary N) is 1. The fourth-order valence-electron chi connectivity index (χ4n) is 1.45. The van der Waals surface area contributed by atoms with E-state index in [9.17, 15) is 8.78 Å². The zero-order valence-electron chi connectivity index (χ0n) is 8.64. The molecule has 1 aromatic carbocycles. The van der Waals surface area contributed by atoms with Crippen molar-refractivity contribution in [2.24, 2.45) is 5.73 Å². The van der Waals surface area contributed by atoms with Gasteiger partial charge in [0.25, 0.3) is 6.43 Å². The summed E-state index contributed by atoms with van der Waals surface area (Å²) in [5.41, 5.74) is 6.39. The van der Waals surface area contributed by atoms with Gasteiger partial charge in [-0.25, -0.2) is 8.78 Å². The maximum Gasteiger partial charge on any atom is 0.260 e. The molecule has 14 heavy (non-hydrogen) atoms. The minimum atomic E-state index is -2.55. The molecular weight excluding hydrogens is 184 g/mol. The Hall–Kier alpha value is -0.960. The quantitative estimate of drug-likeness (QED) is 0.778. The van der Waals surface area contributed by atoms with Gasteiger partial charge < -0.3 is 5.73 Å². The summed E-state index contributed by atoms with van der Waals surface area (Å²) in [6.07, 6.45) is -2.55. The van der Waals surface area contributed by atoms with E-state index in [2.05, 4.69) is 0 Å². The van der Waals surface area contributed by atoms with Crippen molar-refractivity contribution in [1.29, 1.82) is 0 Å². The second-order valence-electron chi connectivity index (χ2n) is 3.83. The van der Waals surface area contributed by atoms with E-state index in [1.807, 2.05) is 19.9 Å². The molecule has 0 saturated carbocycles. The molecular formula is C11H15F2N. The molecule has 1 aromatic rings. The van der Waals surface area contributed by atoms with Crippen molar-refractivity contribution < 1.29 is 8.78 Å². The summed E-state index contributed by atoms with van der Waals surface area (Å²) in [7, 11) is 0. The number of hydrogen-bond donors (Lipinski definition) is 1. The van der Waals surface area contributed by atoms with Crippen molar-refractivity contribution in [1.82, 2.24) is 0 Å². The lowest BCUT2D eigenvalue weighted by Gasteiger charge is -2.26. The van der Waals surface area contributed by atoms with Crippen LogP contribution in [0, 0.1) is 13.8 Å². The van der Waals surface area contributed by atoms with Crippen LogP contribution in [0.25, 0.3) is 0 Å². The smallest absolute Gasteiger partial charge is 0.260 e. The summed E-state index contributed by atoms with van der Waals surface area (Å²) in [6, 6.07) is 5.31. The Morgan fingerprint density at radius 3 is 2.36 bits per heavy atom. The van der Waals surface area contributed by atoms with E-state index < -0.39 is 12.0 Å². The second-order valence-corrected chi connectivity index (χ2v) is 3.83. The van der Waals surface area contributed by atoms with E-state index >= 15 is 0 Å². The van der Waals surface area contributed by atoms with Gasteiger partial charge in [-0.3, -0.25) is 0 Å². The van der Waals surface area contributed by atoms with Crippen LogP contribution in [0.1, 0.15) is 23.6 Å². The molecule has 0 fully saturated rings. The van der Waals surface area contributed by atoms with Gasteiger partial charge in [0.2, 0.25) is 0 Å². The maximum atomic E-state index is 12.7. The normalized spacial score (nSPS) is 15.6. The van der Waals surface area contributed by atoms with E-state index in [1.54, 1.807) is 12.1 Å². The maximum absolute atomic E-state index is 12.7. The minimum Gasteiger partial charge on any atom is -0.317 e. The van der Waals surface area contributed by atoms with Crippen molar-refractivity contribution >= 4 is 0 Å². The van der Waals surface area contributed by atoms with Crippen molar-refractivity contribution in [2.75, 3.05) is 0 Å². The molecule has 0 radical (unpaired) electrons. The molecule has 0 aliphatic heterocycles. The Balaban J connectivity index is 3.26. The first-order chi connectivity index (χ1) is 6.37.